The third-order valence-electron chi connectivity index (χ3n) is 2.42. The Kier molecular flexibility index (Phi) is 5.08. The number of aromatic nitrogens is 1. The van der Waals surface area contributed by atoms with Gasteiger partial charge in [0.1, 0.15) is 4.88 Å². The molecule has 1 aromatic heterocycles. The zero-order valence-electron chi connectivity index (χ0n) is 10.4. The van der Waals surface area contributed by atoms with Crippen LogP contribution in [0.4, 0.5) is 5.13 Å². The smallest absolute Gasteiger partial charge is 0.303 e. The standard InChI is InChI=1S/C11H17N3O3S/c1-6(4-3-5-8(15)16)13-10(17)9-7(2)14-11(12)18-9/h6H,3-5H2,1-2H3,(H2,12,14)(H,13,17)(H,15,16). The van der Waals surface area contributed by atoms with Crippen LogP contribution in [0.15, 0.2) is 0 Å². The number of aliphatic carboxylic acids is 1. The SMILES string of the molecule is Cc1nc(N)sc1C(=O)NC(C)CCCC(=O)O. The van der Waals surface area contributed by atoms with Crippen molar-refractivity contribution in [2.45, 2.75) is 39.2 Å². The van der Waals surface area contributed by atoms with Crippen molar-refractivity contribution in [3.63, 3.8) is 0 Å². The second-order valence-electron chi connectivity index (χ2n) is 4.13. The van der Waals surface area contributed by atoms with Crippen LogP contribution in [0.3, 0.4) is 0 Å². The summed E-state index contributed by atoms with van der Waals surface area (Å²) in [5.74, 6) is -1.02. The Labute approximate surface area is 109 Å². The van der Waals surface area contributed by atoms with Gasteiger partial charge in [-0.3, -0.25) is 9.59 Å². The van der Waals surface area contributed by atoms with Gasteiger partial charge in [-0.05, 0) is 26.7 Å². The molecule has 0 aliphatic carbocycles. The van der Waals surface area contributed by atoms with E-state index in [4.69, 9.17) is 10.8 Å². The number of rotatable bonds is 6. The Morgan fingerprint density at radius 3 is 2.72 bits per heavy atom. The molecule has 1 aromatic rings. The molecule has 1 atom stereocenters. The Hall–Kier alpha value is -1.63. The molecule has 6 nitrogen and oxygen atoms in total. The average Bonchev–Trinajstić information content (AvgIpc) is 2.57. The van der Waals surface area contributed by atoms with E-state index in [1.54, 1.807) is 6.92 Å². The fourth-order valence-electron chi connectivity index (χ4n) is 1.55. The van der Waals surface area contributed by atoms with Crippen LogP contribution >= 0.6 is 11.3 Å². The predicted molar refractivity (Wildman–Crippen MR) is 69.7 cm³/mol. The lowest BCUT2D eigenvalue weighted by Gasteiger charge is -2.12. The molecule has 0 bridgehead atoms. The molecule has 1 amide bonds. The zero-order chi connectivity index (χ0) is 13.7. The van der Waals surface area contributed by atoms with Crippen molar-refractivity contribution in [2.75, 3.05) is 5.73 Å². The maximum atomic E-state index is 11.9. The summed E-state index contributed by atoms with van der Waals surface area (Å²) in [6.45, 7) is 3.58. The van der Waals surface area contributed by atoms with Crippen molar-refractivity contribution in [3.8, 4) is 0 Å². The van der Waals surface area contributed by atoms with Gasteiger partial charge in [-0.25, -0.2) is 4.98 Å². The monoisotopic (exact) mass is 271 g/mol. The van der Waals surface area contributed by atoms with Crippen LogP contribution in [-0.4, -0.2) is 28.0 Å². The molecular formula is C11H17N3O3S. The highest BCUT2D eigenvalue weighted by Gasteiger charge is 2.16. The number of nitrogen functional groups attached to an aromatic ring is 1. The van der Waals surface area contributed by atoms with E-state index in [1.807, 2.05) is 6.92 Å². The molecule has 0 fully saturated rings. The second-order valence-corrected chi connectivity index (χ2v) is 5.16. The first-order valence-corrected chi connectivity index (χ1v) is 6.47. The van der Waals surface area contributed by atoms with E-state index in [2.05, 4.69) is 10.3 Å². The highest BCUT2D eigenvalue weighted by molar-refractivity contribution is 7.17. The number of carboxylic acid groups (broad SMARTS) is 1. The molecule has 1 unspecified atom stereocenters. The number of hydrogen-bond donors (Lipinski definition) is 3. The molecule has 1 heterocycles. The maximum absolute atomic E-state index is 11.9. The quantitative estimate of drug-likeness (QED) is 0.725. The molecule has 1 rings (SSSR count). The Balaban J connectivity index is 2.44. The molecule has 7 heteroatoms. The van der Waals surface area contributed by atoms with Crippen LogP contribution in [-0.2, 0) is 4.79 Å². The lowest BCUT2D eigenvalue weighted by Crippen LogP contribution is -2.32. The van der Waals surface area contributed by atoms with Crippen LogP contribution in [0, 0.1) is 6.92 Å². The van der Waals surface area contributed by atoms with Crippen LogP contribution in [0.25, 0.3) is 0 Å². The molecule has 100 valence electrons. The van der Waals surface area contributed by atoms with E-state index in [0.29, 0.717) is 28.5 Å². The number of thiazole rings is 1. The number of carboxylic acids is 1. The van der Waals surface area contributed by atoms with E-state index in [-0.39, 0.29) is 18.4 Å². The fraction of sp³-hybridized carbons (Fsp3) is 0.545. The summed E-state index contributed by atoms with van der Waals surface area (Å²) in [6.07, 6.45) is 1.29. The molecule has 0 saturated carbocycles. The molecular weight excluding hydrogens is 254 g/mol. The van der Waals surface area contributed by atoms with Crippen molar-refractivity contribution in [3.05, 3.63) is 10.6 Å². The van der Waals surface area contributed by atoms with Gasteiger partial charge in [0.25, 0.3) is 5.91 Å². The first-order valence-electron chi connectivity index (χ1n) is 5.65. The van der Waals surface area contributed by atoms with Crippen LogP contribution in [0.5, 0.6) is 0 Å². The van der Waals surface area contributed by atoms with E-state index in [0.717, 1.165) is 11.3 Å². The summed E-state index contributed by atoms with van der Waals surface area (Å²) in [5, 5.41) is 11.7. The highest BCUT2D eigenvalue weighted by Crippen LogP contribution is 2.19. The number of nitrogens with two attached hydrogens (primary N) is 1. The van der Waals surface area contributed by atoms with E-state index >= 15 is 0 Å². The highest BCUT2D eigenvalue weighted by atomic mass is 32.1. The zero-order valence-corrected chi connectivity index (χ0v) is 11.2. The number of aryl methyl sites for hydroxylation is 1. The summed E-state index contributed by atoms with van der Waals surface area (Å²) >= 11 is 1.15. The van der Waals surface area contributed by atoms with Gasteiger partial charge in [-0.15, -0.1) is 0 Å². The number of hydrogen-bond acceptors (Lipinski definition) is 5. The van der Waals surface area contributed by atoms with Crippen LogP contribution in [0.2, 0.25) is 0 Å². The van der Waals surface area contributed by atoms with Gasteiger partial charge in [0.2, 0.25) is 0 Å². The Morgan fingerprint density at radius 1 is 1.56 bits per heavy atom. The van der Waals surface area contributed by atoms with E-state index < -0.39 is 5.97 Å². The number of amides is 1. The largest absolute Gasteiger partial charge is 0.481 e. The van der Waals surface area contributed by atoms with Crippen molar-refractivity contribution < 1.29 is 14.7 Å². The summed E-state index contributed by atoms with van der Waals surface area (Å²) in [4.78, 5) is 26.7. The van der Waals surface area contributed by atoms with Gasteiger partial charge in [0.15, 0.2) is 5.13 Å². The van der Waals surface area contributed by atoms with Gasteiger partial charge < -0.3 is 16.2 Å². The fourth-order valence-corrected chi connectivity index (χ4v) is 2.29. The molecule has 0 aromatic carbocycles. The molecule has 0 saturated heterocycles. The number of nitrogens with zero attached hydrogens (tertiary/aromatic N) is 1. The maximum Gasteiger partial charge on any atom is 0.303 e. The minimum absolute atomic E-state index is 0.0698. The van der Waals surface area contributed by atoms with Gasteiger partial charge in [0, 0.05) is 12.5 Å². The molecule has 0 radical (unpaired) electrons. The number of carbonyl (C=O) groups excluding carboxylic acids is 1. The number of nitrogens with one attached hydrogen (secondary N) is 1. The first-order chi connectivity index (χ1) is 8.40. The Bertz CT molecular complexity index is 445. The summed E-state index contributed by atoms with van der Waals surface area (Å²) in [6, 6.07) is -0.0698. The molecule has 18 heavy (non-hydrogen) atoms. The van der Waals surface area contributed by atoms with Gasteiger partial charge in [0.05, 0.1) is 5.69 Å². The summed E-state index contributed by atoms with van der Waals surface area (Å²) in [7, 11) is 0. The van der Waals surface area contributed by atoms with Crippen molar-refractivity contribution in [2.24, 2.45) is 0 Å². The van der Waals surface area contributed by atoms with Gasteiger partial charge >= 0.3 is 5.97 Å². The number of anilines is 1. The number of carbonyl (C=O) groups is 2. The minimum atomic E-state index is -0.820. The lowest BCUT2D eigenvalue weighted by molar-refractivity contribution is -0.137. The predicted octanol–water partition coefficient (Wildman–Crippen LogP) is 1.41. The lowest BCUT2D eigenvalue weighted by atomic mass is 10.1. The van der Waals surface area contributed by atoms with Crippen molar-refractivity contribution in [1.82, 2.24) is 10.3 Å². The van der Waals surface area contributed by atoms with Crippen molar-refractivity contribution in [1.29, 1.82) is 0 Å². The molecule has 0 spiro atoms. The topological polar surface area (TPSA) is 105 Å². The first kappa shape index (κ1) is 14.4. The van der Waals surface area contributed by atoms with Gasteiger partial charge in [-0.1, -0.05) is 11.3 Å². The Morgan fingerprint density at radius 2 is 2.22 bits per heavy atom. The van der Waals surface area contributed by atoms with Gasteiger partial charge in [-0.2, -0.15) is 0 Å². The van der Waals surface area contributed by atoms with E-state index in [9.17, 15) is 9.59 Å². The second kappa shape index (κ2) is 6.34. The summed E-state index contributed by atoms with van der Waals surface area (Å²) in [5.41, 5.74) is 6.14. The molecule has 0 aliphatic heterocycles. The summed E-state index contributed by atoms with van der Waals surface area (Å²) < 4.78 is 0. The third-order valence-corrected chi connectivity index (χ3v) is 3.41. The third kappa shape index (κ3) is 4.33. The van der Waals surface area contributed by atoms with Crippen LogP contribution < -0.4 is 11.1 Å². The molecule has 4 N–H and O–H groups in total. The normalized spacial score (nSPS) is 12.1. The van der Waals surface area contributed by atoms with E-state index in [1.165, 1.54) is 0 Å². The average molecular weight is 271 g/mol. The van der Waals surface area contributed by atoms with Crippen LogP contribution in [0.1, 0.15) is 41.6 Å². The van der Waals surface area contributed by atoms with Crippen molar-refractivity contribution >= 4 is 28.3 Å². The minimum Gasteiger partial charge on any atom is -0.481 e. The molecule has 0 aliphatic rings.